The lowest BCUT2D eigenvalue weighted by molar-refractivity contribution is -0.138. The van der Waals surface area contributed by atoms with Crippen molar-refractivity contribution in [3.8, 4) is 11.6 Å². The van der Waals surface area contributed by atoms with Gasteiger partial charge < -0.3 is 10.1 Å². The number of amides is 1. The zero-order valence-corrected chi connectivity index (χ0v) is 15.5. The summed E-state index contributed by atoms with van der Waals surface area (Å²) in [7, 11) is 0. The Hall–Kier alpha value is -3.42. The maximum absolute atomic E-state index is 14.3. The van der Waals surface area contributed by atoms with E-state index in [0.717, 1.165) is 6.07 Å². The Bertz CT molecular complexity index is 1050. The van der Waals surface area contributed by atoms with Crippen LogP contribution in [0.25, 0.3) is 0 Å². The van der Waals surface area contributed by atoms with Crippen LogP contribution < -0.4 is 10.1 Å². The minimum absolute atomic E-state index is 0.0615. The first-order valence-electron chi connectivity index (χ1n) is 8.54. The molecule has 29 heavy (non-hydrogen) atoms. The van der Waals surface area contributed by atoms with E-state index in [9.17, 15) is 22.4 Å². The number of halogens is 4. The van der Waals surface area contributed by atoms with E-state index in [1.165, 1.54) is 36.5 Å². The van der Waals surface area contributed by atoms with Gasteiger partial charge in [-0.3, -0.25) is 4.79 Å². The molecule has 3 rings (SSSR count). The van der Waals surface area contributed by atoms with Gasteiger partial charge in [0.25, 0.3) is 5.91 Å². The van der Waals surface area contributed by atoms with Crippen molar-refractivity contribution in [1.82, 2.24) is 4.98 Å². The monoisotopic (exact) mass is 404 g/mol. The third kappa shape index (κ3) is 4.53. The van der Waals surface area contributed by atoms with Crippen molar-refractivity contribution in [2.24, 2.45) is 0 Å². The Balaban J connectivity index is 1.77. The number of alkyl halides is 3. The minimum Gasteiger partial charge on any atom is -0.438 e. The number of hydrogen-bond acceptors (Lipinski definition) is 3. The second kappa shape index (κ2) is 7.90. The van der Waals surface area contributed by atoms with Crippen molar-refractivity contribution in [2.45, 2.75) is 20.0 Å². The Morgan fingerprint density at radius 1 is 1.00 bits per heavy atom. The Labute approximate surface area is 164 Å². The van der Waals surface area contributed by atoms with Gasteiger partial charge in [-0.05, 0) is 61.4 Å². The first-order chi connectivity index (χ1) is 13.7. The minimum atomic E-state index is -4.60. The van der Waals surface area contributed by atoms with Gasteiger partial charge in [-0.25, -0.2) is 9.37 Å². The SMILES string of the molecule is Cc1ccc(C)c(C(=O)Nc2ccc(Oc3ncccc3C(F)(F)F)cc2)c1F. The second-order valence-electron chi connectivity index (χ2n) is 6.32. The number of carbonyl (C=O) groups excluding carboxylic acids is 1. The molecule has 0 fully saturated rings. The number of benzene rings is 2. The molecular weight excluding hydrogens is 388 g/mol. The third-order valence-corrected chi connectivity index (χ3v) is 4.17. The molecule has 0 aliphatic heterocycles. The molecule has 0 bridgehead atoms. The van der Waals surface area contributed by atoms with Gasteiger partial charge in [0.2, 0.25) is 5.88 Å². The number of nitrogens with zero attached hydrogens (tertiary/aromatic N) is 1. The number of hydrogen-bond donors (Lipinski definition) is 1. The van der Waals surface area contributed by atoms with Crippen LogP contribution in [0.3, 0.4) is 0 Å². The number of nitrogens with one attached hydrogen (secondary N) is 1. The third-order valence-electron chi connectivity index (χ3n) is 4.17. The highest BCUT2D eigenvalue weighted by Crippen LogP contribution is 2.36. The van der Waals surface area contributed by atoms with Crippen LogP contribution in [-0.2, 0) is 6.18 Å². The van der Waals surface area contributed by atoms with E-state index in [4.69, 9.17) is 4.74 Å². The fraction of sp³-hybridized carbons (Fsp3) is 0.143. The van der Waals surface area contributed by atoms with E-state index in [2.05, 4.69) is 10.3 Å². The molecule has 4 nitrogen and oxygen atoms in total. The lowest BCUT2D eigenvalue weighted by atomic mass is 10.0. The van der Waals surface area contributed by atoms with Gasteiger partial charge in [0, 0.05) is 11.9 Å². The summed E-state index contributed by atoms with van der Waals surface area (Å²) in [6, 6.07) is 10.9. The maximum Gasteiger partial charge on any atom is 0.421 e. The summed E-state index contributed by atoms with van der Waals surface area (Å²) in [4.78, 5) is 16.0. The average Bonchev–Trinajstić information content (AvgIpc) is 2.66. The van der Waals surface area contributed by atoms with Crippen LogP contribution in [-0.4, -0.2) is 10.9 Å². The zero-order chi connectivity index (χ0) is 21.2. The number of anilines is 1. The fourth-order valence-corrected chi connectivity index (χ4v) is 2.65. The molecule has 1 amide bonds. The summed E-state index contributed by atoms with van der Waals surface area (Å²) in [6.07, 6.45) is -3.41. The Kier molecular flexibility index (Phi) is 5.54. The summed E-state index contributed by atoms with van der Waals surface area (Å²) in [5.74, 6) is -1.70. The van der Waals surface area contributed by atoms with Gasteiger partial charge in [0.1, 0.15) is 17.1 Å². The van der Waals surface area contributed by atoms with Crippen LogP contribution in [0.5, 0.6) is 11.6 Å². The number of aromatic nitrogens is 1. The van der Waals surface area contributed by atoms with Gasteiger partial charge in [0.15, 0.2) is 0 Å². The number of carbonyl (C=O) groups is 1. The van der Waals surface area contributed by atoms with Gasteiger partial charge in [-0.15, -0.1) is 0 Å². The molecule has 150 valence electrons. The molecule has 0 saturated carbocycles. The maximum atomic E-state index is 14.3. The smallest absolute Gasteiger partial charge is 0.421 e. The lowest BCUT2D eigenvalue weighted by Crippen LogP contribution is -2.16. The normalized spacial score (nSPS) is 11.2. The van der Waals surface area contributed by atoms with Crippen LogP contribution in [0, 0.1) is 19.7 Å². The van der Waals surface area contributed by atoms with Crippen molar-refractivity contribution in [2.75, 3.05) is 5.32 Å². The number of pyridine rings is 1. The quantitative estimate of drug-likeness (QED) is 0.551. The molecule has 0 aliphatic carbocycles. The van der Waals surface area contributed by atoms with Crippen LogP contribution >= 0.6 is 0 Å². The zero-order valence-electron chi connectivity index (χ0n) is 15.5. The first kappa shape index (κ1) is 20.3. The van der Waals surface area contributed by atoms with E-state index < -0.39 is 29.3 Å². The Morgan fingerprint density at radius 3 is 2.31 bits per heavy atom. The van der Waals surface area contributed by atoms with Crippen molar-refractivity contribution in [3.63, 3.8) is 0 Å². The number of ether oxygens (including phenoxy) is 1. The molecule has 0 aliphatic rings. The Morgan fingerprint density at radius 2 is 1.66 bits per heavy atom. The molecule has 1 aromatic heterocycles. The highest BCUT2D eigenvalue weighted by atomic mass is 19.4. The van der Waals surface area contributed by atoms with Crippen molar-refractivity contribution in [3.05, 3.63) is 82.8 Å². The summed E-state index contributed by atoms with van der Waals surface area (Å²) >= 11 is 0. The fourth-order valence-electron chi connectivity index (χ4n) is 2.65. The predicted octanol–water partition coefficient (Wildman–Crippen LogP) is 5.90. The highest BCUT2D eigenvalue weighted by Gasteiger charge is 2.35. The van der Waals surface area contributed by atoms with E-state index in [-0.39, 0.29) is 11.3 Å². The highest BCUT2D eigenvalue weighted by molar-refractivity contribution is 6.05. The summed E-state index contributed by atoms with van der Waals surface area (Å²) < 4.78 is 58.6. The second-order valence-corrected chi connectivity index (χ2v) is 6.32. The molecule has 1 heterocycles. The van der Waals surface area contributed by atoms with E-state index in [1.54, 1.807) is 26.0 Å². The largest absolute Gasteiger partial charge is 0.438 e. The van der Waals surface area contributed by atoms with Gasteiger partial charge >= 0.3 is 6.18 Å². The molecule has 0 radical (unpaired) electrons. The van der Waals surface area contributed by atoms with E-state index in [0.29, 0.717) is 16.8 Å². The lowest BCUT2D eigenvalue weighted by Gasteiger charge is -2.13. The average molecular weight is 404 g/mol. The molecule has 0 spiro atoms. The molecular formula is C21H16F4N2O2. The van der Waals surface area contributed by atoms with Crippen LogP contribution in [0.15, 0.2) is 54.7 Å². The molecule has 0 atom stereocenters. The number of rotatable bonds is 4. The number of aryl methyl sites for hydroxylation is 2. The molecule has 8 heteroatoms. The standard InChI is InChI=1S/C21H16F4N2O2/c1-12-5-6-13(2)18(22)17(12)19(28)27-14-7-9-15(10-8-14)29-20-16(21(23,24)25)4-3-11-26-20/h3-11H,1-2H3,(H,27,28). The van der Waals surface area contributed by atoms with Gasteiger partial charge in [0.05, 0.1) is 5.56 Å². The van der Waals surface area contributed by atoms with Crippen LogP contribution in [0.4, 0.5) is 23.2 Å². The van der Waals surface area contributed by atoms with Crippen LogP contribution in [0.1, 0.15) is 27.0 Å². The predicted molar refractivity (Wildman–Crippen MR) is 99.6 cm³/mol. The molecule has 2 aromatic carbocycles. The first-order valence-corrected chi connectivity index (χ1v) is 8.54. The summed E-state index contributed by atoms with van der Waals surface area (Å²) in [5, 5.41) is 2.56. The van der Waals surface area contributed by atoms with E-state index >= 15 is 0 Å². The van der Waals surface area contributed by atoms with Crippen molar-refractivity contribution in [1.29, 1.82) is 0 Å². The van der Waals surface area contributed by atoms with Crippen molar-refractivity contribution < 1.29 is 27.1 Å². The summed E-state index contributed by atoms with van der Waals surface area (Å²) in [6.45, 7) is 3.18. The van der Waals surface area contributed by atoms with Gasteiger partial charge in [-0.2, -0.15) is 13.2 Å². The van der Waals surface area contributed by atoms with E-state index in [1.807, 2.05) is 0 Å². The molecule has 1 N–H and O–H groups in total. The molecule has 0 saturated heterocycles. The van der Waals surface area contributed by atoms with Crippen LogP contribution in [0.2, 0.25) is 0 Å². The topological polar surface area (TPSA) is 51.2 Å². The summed E-state index contributed by atoms with van der Waals surface area (Å²) in [5.41, 5.74) is 0.108. The van der Waals surface area contributed by atoms with Crippen molar-refractivity contribution >= 4 is 11.6 Å². The van der Waals surface area contributed by atoms with Gasteiger partial charge in [-0.1, -0.05) is 12.1 Å². The molecule has 3 aromatic rings. The molecule has 0 unspecified atom stereocenters.